The number of nitrogens with zero attached hydrogens (tertiary/aromatic N) is 3. The fourth-order valence-electron chi connectivity index (χ4n) is 2.39. The molecule has 3 rings (SSSR count). The van der Waals surface area contributed by atoms with E-state index in [0.717, 1.165) is 5.56 Å². The molecule has 0 aliphatic heterocycles. The molecule has 0 bridgehead atoms. The Morgan fingerprint density at radius 3 is 2.44 bits per heavy atom. The summed E-state index contributed by atoms with van der Waals surface area (Å²) >= 11 is 0. The van der Waals surface area contributed by atoms with Gasteiger partial charge in [0.05, 0.1) is 24.3 Å². The van der Waals surface area contributed by atoms with E-state index < -0.39 is 5.97 Å². The molecule has 3 aromatic heterocycles. The molecule has 1 N–H and O–H groups in total. The van der Waals surface area contributed by atoms with Gasteiger partial charge in [0, 0.05) is 30.7 Å². The van der Waals surface area contributed by atoms with Crippen LogP contribution in [-0.4, -0.2) is 25.2 Å². The Labute approximate surface area is 142 Å². The molecule has 0 fully saturated rings. The predicted molar refractivity (Wildman–Crippen MR) is 90.8 cm³/mol. The number of hydrogen-bond donors (Lipinski definition) is 1. The first-order valence-electron chi connectivity index (χ1n) is 7.56. The van der Waals surface area contributed by atoms with Crippen LogP contribution >= 0.6 is 0 Å². The van der Waals surface area contributed by atoms with Crippen LogP contribution in [0.4, 0.5) is 0 Å². The molecule has 0 aromatic carbocycles. The van der Waals surface area contributed by atoms with Crippen molar-refractivity contribution in [2.24, 2.45) is 0 Å². The molecular weight excluding hydrogens is 322 g/mol. The molecule has 0 saturated heterocycles. The van der Waals surface area contributed by atoms with E-state index in [1.807, 2.05) is 0 Å². The van der Waals surface area contributed by atoms with Crippen LogP contribution in [0, 0.1) is 0 Å². The monoisotopic (exact) mass is 337 g/mol. The van der Waals surface area contributed by atoms with Crippen LogP contribution in [0.25, 0.3) is 0 Å². The number of carboxylic acid groups (broad SMARTS) is 1. The second-order valence-corrected chi connectivity index (χ2v) is 5.51. The van der Waals surface area contributed by atoms with Crippen molar-refractivity contribution in [2.75, 3.05) is 0 Å². The summed E-state index contributed by atoms with van der Waals surface area (Å²) in [7, 11) is 0. The number of aromatic nitrogens is 3. The first-order chi connectivity index (χ1) is 12.0. The lowest BCUT2D eigenvalue weighted by Gasteiger charge is -2.08. The van der Waals surface area contributed by atoms with Crippen molar-refractivity contribution in [2.45, 2.75) is 13.1 Å². The van der Waals surface area contributed by atoms with Gasteiger partial charge in [-0.05, 0) is 23.8 Å². The molecule has 0 atom stereocenters. The largest absolute Gasteiger partial charge is 0.478 e. The third-order valence-electron chi connectivity index (χ3n) is 3.70. The zero-order valence-corrected chi connectivity index (χ0v) is 13.2. The quantitative estimate of drug-likeness (QED) is 0.755. The molecule has 0 aliphatic carbocycles. The summed E-state index contributed by atoms with van der Waals surface area (Å²) in [5, 5.41) is 9.01. The Morgan fingerprint density at radius 2 is 1.76 bits per heavy atom. The van der Waals surface area contributed by atoms with E-state index in [2.05, 4.69) is 4.98 Å². The second kappa shape index (κ2) is 6.96. The van der Waals surface area contributed by atoms with Gasteiger partial charge < -0.3 is 14.2 Å². The fraction of sp³-hybridized carbons (Fsp3) is 0.111. The first-order valence-corrected chi connectivity index (χ1v) is 7.56. The number of carboxylic acids is 1. The smallest absolute Gasteiger partial charge is 0.337 e. The first kappa shape index (κ1) is 16.4. The van der Waals surface area contributed by atoms with E-state index in [0.29, 0.717) is 12.2 Å². The number of rotatable bonds is 5. The summed E-state index contributed by atoms with van der Waals surface area (Å²) < 4.78 is 2.87. The molecule has 0 radical (unpaired) electrons. The third-order valence-corrected chi connectivity index (χ3v) is 3.70. The van der Waals surface area contributed by atoms with Gasteiger partial charge in [0.15, 0.2) is 0 Å². The average Bonchev–Trinajstić information content (AvgIpc) is 2.60. The Balaban J connectivity index is 1.78. The highest BCUT2D eigenvalue weighted by Gasteiger charge is 2.06. The van der Waals surface area contributed by atoms with Gasteiger partial charge in [0.25, 0.3) is 11.1 Å². The standard InChI is InChI=1S/C18H15N3O4/c22-16-3-1-2-8-20(16)12-15-6-4-13(9-19-15)10-21-11-14(18(24)25)5-7-17(21)23/h1-9,11H,10,12H2,(H,24,25). The summed E-state index contributed by atoms with van der Waals surface area (Å²) in [6.07, 6.45) is 4.61. The van der Waals surface area contributed by atoms with Crippen molar-refractivity contribution < 1.29 is 9.90 Å². The van der Waals surface area contributed by atoms with Gasteiger partial charge in [0.2, 0.25) is 0 Å². The van der Waals surface area contributed by atoms with Crippen LogP contribution < -0.4 is 11.1 Å². The minimum atomic E-state index is -1.09. The van der Waals surface area contributed by atoms with E-state index in [4.69, 9.17) is 5.11 Å². The Hall–Kier alpha value is -3.48. The van der Waals surface area contributed by atoms with Gasteiger partial charge in [-0.2, -0.15) is 0 Å². The van der Waals surface area contributed by atoms with E-state index in [-0.39, 0.29) is 23.2 Å². The van der Waals surface area contributed by atoms with Crippen LogP contribution in [0.1, 0.15) is 21.6 Å². The highest BCUT2D eigenvalue weighted by molar-refractivity contribution is 5.87. The topological polar surface area (TPSA) is 94.2 Å². The lowest BCUT2D eigenvalue weighted by Crippen LogP contribution is -2.21. The minimum Gasteiger partial charge on any atom is -0.478 e. The third kappa shape index (κ3) is 3.89. The van der Waals surface area contributed by atoms with Crippen LogP contribution in [0.15, 0.2) is 70.6 Å². The number of pyridine rings is 3. The zero-order valence-electron chi connectivity index (χ0n) is 13.2. The van der Waals surface area contributed by atoms with E-state index in [1.54, 1.807) is 41.2 Å². The Kier molecular flexibility index (Phi) is 4.56. The van der Waals surface area contributed by atoms with E-state index >= 15 is 0 Å². The maximum absolute atomic E-state index is 11.9. The zero-order chi connectivity index (χ0) is 17.8. The maximum atomic E-state index is 11.9. The molecule has 3 aromatic rings. The van der Waals surface area contributed by atoms with Gasteiger partial charge in [-0.1, -0.05) is 12.1 Å². The highest BCUT2D eigenvalue weighted by atomic mass is 16.4. The lowest BCUT2D eigenvalue weighted by molar-refractivity contribution is 0.0696. The molecule has 0 unspecified atom stereocenters. The summed E-state index contributed by atoms with van der Waals surface area (Å²) in [6, 6.07) is 11.0. The summed E-state index contributed by atoms with van der Waals surface area (Å²) in [6.45, 7) is 0.576. The fourth-order valence-corrected chi connectivity index (χ4v) is 2.39. The van der Waals surface area contributed by atoms with Gasteiger partial charge in [-0.25, -0.2) is 4.79 Å². The molecule has 0 aliphatic rings. The molecular formula is C18H15N3O4. The van der Waals surface area contributed by atoms with Gasteiger partial charge >= 0.3 is 5.97 Å². The van der Waals surface area contributed by atoms with Crippen molar-refractivity contribution in [1.82, 2.24) is 14.1 Å². The molecule has 25 heavy (non-hydrogen) atoms. The Morgan fingerprint density at radius 1 is 0.960 bits per heavy atom. The van der Waals surface area contributed by atoms with Crippen LogP contribution in [0.3, 0.4) is 0 Å². The predicted octanol–water partition coefficient (Wildman–Crippen LogP) is 1.20. The molecule has 3 heterocycles. The van der Waals surface area contributed by atoms with Crippen LogP contribution in [-0.2, 0) is 13.1 Å². The number of hydrogen-bond acceptors (Lipinski definition) is 4. The number of carbonyl (C=O) groups is 1. The van der Waals surface area contributed by atoms with Gasteiger partial charge in [0.1, 0.15) is 0 Å². The summed E-state index contributed by atoms with van der Waals surface area (Å²) in [5.41, 5.74) is 1.13. The maximum Gasteiger partial charge on any atom is 0.337 e. The van der Waals surface area contributed by atoms with Crippen molar-refractivity contribution >= 4 is 5.97 Å². The molecule has 126 valence electrons. The van der Waals surface area contributed by atoms with Crippen molar-refractivity contribution in [3.63, 3.8) is 0 Å². The summed E-state index contributed by atoms with van der Waals surface area (Å²) in [4.78, 5) is 38.9. The van der Waals surface area contributed by atoms with Crippen molar-refractivity contribution in [3.8, 4) is 0 Å². The molecule has 0 spiro atoms. The van der Waals surface area contributed by atoms with Gasteiger partial charge in [-0.3, -0.25) is 14.6 Å². The molecule has 7 heteroatoms. The van der Waals surface area contributed by atoms with E-state index in [9.17, 15) is 14.4 Å². The minimum absolute atomic E-state index is 0.0487. The molecule has 0 amide bonds. The molecule has 7 nitrogen and oxygen atoms in total. The van der Waals surface area contributed by atoms with Crippen LogP contribution in [0.5, 0.6) is 0 Å². The lowest BCUT2D eigenvalue weighted by atomic mass is 10.2. The Bertz CT molecular complexity index is 1020. The number of aromatic carboxylic acids is 1. The highest BCUT2D eigenvalue weighted by Crippen LogP contribution is 2.05. The normalized spacial score (nSPS) is 10.6. The average molecular weight is 337 g/mol. The second-order valence-electron chi connectivity index (χ2n) is 5.51. The van der Waals surface area contributed by atoms with Crippen molar-refractivity contribution in [3.05, 3.63) is 98.6 Å². The summed E-state index contributed by atoms with van der Waals surface area (Å²) in [5.74, 6) is -1.09. The molecule has 0 saturated carbocycles. The van der Waals surface area contributed by atoms with Crippen LogP contribution in [0.2, 0.25) is 0 Å². The van der Waals surface area contributed by atoms with Crippen molar-refractivity contribution in [1.29, 1.82) is 0 Å². The van der Waals surface area contributed by atoms with Gasteiger partial charge in [-0.15, -0.1) is 0 Å². The van der Waals surface area contributed by atoms with E-state index in [1.165, 1.54) is 29.0 Å². The SMILES string of the molecule is O=C(O)c1ccc(=O)n(Cc2ccc(Cn3ccccc3=O)nc2)c1.